The number of carbonyl (C=O) groups is 2. The van der Waals surface area contributed by atoms with Gasteiger partial charge in [0.2, 0.25) is 0 Å². The summed E-state index contributed by atoms with van der Waals surface area (Å²) in [5.74, 6) is -1.27. The van der Waals surface area contributed by atoms with Crippen molar-refractivity contribution >= 4 is 11.9 Å². The van der Waals surface area contributed by atoms with E-state index in [1.807, 2.05) is 6.92 Å². The van der Waals surface area contributed by atoms with Crippen LogP contribution >= 0.6 is 0 Å². The van der Waals surface area contributed by atoms with Crippen molar-refractivity contribution < 1.29 is 19.1 Å². The maximum Gasteiger partial charge on any atom is 0.396 e. The van der Waals surface area contributed by atoms with E-state index in [1.165, 1.54) is 0 Å². The van der Waals surface area contributed by atoms with E-state index < -0.39 is 11.9 Å². The van der Waals surface area contributed by atoms with Gasteiger partial charge in [-0.25, -0.2) is 4.79 Å². The monoisotopic (exact) mass is 201 g/mol. The zero-order chi connectivity index (χ0) is 10.6. The third-order valence-corrected chi connectivity index (χ3v) is 2.14. The first kappa shape index (κ1) is 11.0. The first-order valence-electron chi connectivity index (χ1n) is 4.70. The molecule has 14 heavy (non-hydrogen) atoms. The maximum absolute atomic E-state index is 11.2. The van der Waals surface area contributed by atoms with Gasteiger partial charge in [0.25, 0.3) is 0 Å². The molecule has 1 aliphatic rings. The Labute approximate surface area is 82.8 Å². The van der Waals surface area contributed by atoms with Crippen molar-refractivity contribution in [3.05, 3.63) is 0 Å². The molecule has 80 valence electrons. The van der Waals surface area contributed by atoms with E-state index in [1.54, 1.807) is 6.92 Å². The van der Waals surface area contributed by atoms with Gasteiger partial charge in [-0.2, -0.15) is 0 Å². The molecule has 1 fully saturated rings. The van der Waals surface area contributed by atoms with E-state index in [-0.39, 0.29) is 18.6 Å². The predicted octanol–water partition coefficient (Wildman–Crippen LogP) is -0.299. The second-order valence-electron chi connectivity index (χ2n) is 3.32. The van der Waals surface area contributed by atoms with Gasteiger partial charge in [-0.1, -0.05) is 6.92 Å². The van der Waals surface area contributed by atoms with Crippen molar-refractivity contribution in [2.45, 2.75) is 19.9 Å². The largest absolute Gasteiger partial charge is 0.459 e. The topological polar surface area (TPSA) is 64.6 Å². The van der Waals surface area contributed by atoms with Crippen molar-refractivity contribution in [3.63, 3.8) is 0 Å². The highest BCUT2D eigenvalue weighted by Crippen LogP contribution is 2.11. The fourth-order valence-electron chi connectivity index (χ4n) is 1.27. The van der Waals surface area contributed by atoms with E-state index in [0.29, 0.717) is 13.2 Å². The molecule has 0 aromatic rings. The molecule has 0 saturated carbocycles. The lowest BCUT2D eigenvalue weighted by Crippen LogP contribution is -2.43. The van der Waals surface area contributed by atoms with Gasteiger partial charge >= 0.3 is 11.9 Å². The molecule has 0 aromatic heterocycles. The lowest BCUT2D eigenvalue weighted by Gasteiger charge is -2.14. The molecule has 0 radical (unpaired) electrons. The van der Waals surface area contributed by atoms with E-state index in [9.17, 15) is 9.59 Å². The van der Waals surface area contributed by atoms with Crippen LogP contribution in [0.25, 0.3) is 0 Å². The molecular weight excluding hydrogens is 186 g/mol. The van der Waals surface area contributed by atoms with Crippen LogP contribution in [0.4, 0.5) is 0 Å². The number of hydrogen-bond acceptors (Lipinski definition) is 4. The third-order valence-electron chi connectivity index (χ3n) is 2.14. The lowest BCUT2D eigenvalue weighted by atomic mass is 10.1. The SMILES string of the molecule is CCOC(=O)C(=O)NC1COCC1C. The van der Waals surface area contributed by atoms with Gasteiger partial charge in [-0.05, 0) is 6.92 Å². The number of hydrogen-bond donors (Lipinski definition) is 1. The van der Waals surface area contributed by atoms with Gasteiger partial charge in [-0.15, -0.1) is 0 Å². The van der Waals surface area contributed by atoms with Crippen molar-refractivity contribution in [2.75, 3.05) is 19.8 Å². The molecule has 1 amide bonds. The average Bonchev–Trinajstić information content (AvgIpc) is 2.52. The van der Waals surface area contributed by atoms with E-state index in [2.05, 4.69) is 10.1 Å². The van der Waals surface area contributed by atoms with E-state index >= 15 is 0 Å². The summed E-state index contributed by atoms with van der Waals surface area (Å²) < 4.78 is 9.70. The second kappa shape index (κ2) is 4.95. The van der Waals surface area contributed by atoms with E-state index in [0.717, 1.165) is 0 Å². The molecule has 0 bridgehead atoms. The van der Waals surface area contributed by atoms with Crippen LogP contribution in [0.3, 0.4) is 0 Å². The molecule has 1 N–H and O–H groups in total. The van der Waals surface area contributed by atoms with Crippen molar-refractivity contribution in [2.24, 2.45) is 5.92 Å². The molecular formula is C9H15NO4. The zero-order valence-corrected chi connectivity index (χ0v) is 8.41. The van der Waals surface area contributed by atoms with Gasteiger partial charge in [0.1, 0.15) is 0 Å². The molecule has 1 rings (SSSR count). The number of nitrogens with one attached hydrogen (secondary N) is 1. The summed E-state index contributed by atoms with van der Waals surface area (Å²) in [4.78, 5) is 22.2. The minimum absolute atomic E-state index is 0.0769. The fraction of sp³-hybridized carbons (Fsp3) is 0.778. The highest BCUT2D eigenvalue weighted by molar-refractivity contribution is 6.32. The molecule has 0 aliphatic carbocycles. The van der Waals surface area contributed by atoms with E-state index in [4.69, 9.17) is 4.74 Å². The quantitative estimate of drug-likeness (QED) is 0.492. The van der Waals surface area contributed by atoms with Crippen LogP contribution in [0.15, 0.2) is 0 Å². The summed E-state index contributed by atoms with van der Waals surface area (Å²) in [5.41, 5.74) is 0. The summed E-state index contributed by atoms with van der Waals surface area (Å²) in [5, 5.41) is 2.57. The standard InChI is InChI=1S/C9H15NO4/c1-3-14-9(12)8(11)10-7-5-13-4-6(7)2/h6-7H,3-5H2,1-2H3,(H,10,11). The zero-order valence-electron chi connectivity index (χ0n) is 8.41. The molecule has 2 atom stereocenters. The summed E-state index contributed by atoms with van der Waals surface area (Å²) >= 11 is 0. The van der Waals surface area contributed by atoms with Crippen LogP contribution in [0.2, 0.25) is 0 Å². The van der Waals surface area contributed by atoms with Gasteiger partial charge in [-0.3, -0.25) is 4.79 Å². The molecule has 1 saturated heterocycles. The Morgan fingerprint density at radius 3 is 2.71 bits per heavy atom. The summed E-state index contributed by atoms with van der Waals surface area (Å²) in [6.07, 6.45) is 0. The van der Waals surface area contributed by atoms with Crippen LogP contribution in [-0.2, 0) is 19.1 Å². The molecule has 0 spiro atoms. The van der Waals surface area contributed by atoms with Crippen molar-refractivity contribution in [3.8, 4) is 0 Å². The Hall–Kier alpha value is -1.10. The summed E-state index contributed by atoms with van der Waals surface area (Å²) in [6.45, 7) is 4.92. The first-order chi connectivity index (χ1) is 6.65. The Balaban J connectivity index is 2.36. The highest BCUT2D eigenvalue weighted by Gasteiger charge is 2.28. The number of esters is 1. The third kappa shape index (κ3) is 2.70. The van der Waals surface area contributed by atoms with Gasteiger partial charge in [0.05, 0.1) is 25.9 Å². The molecule has 1 heterocycles. The minimum Gasteiger partial charge on any atom is -0.459 e. The minimum atomic E-state index is -0.827. The van der Waals surface area contributed by atoms with Gasteiger partial charge in [0.15, 0.2) is 0 Å². The van der Waals surface area contributed by atoms with Gasteiger partial charge < -0.3 is 14.8 Å². The summed E-state index contributed by atoms with van der Waals surface area (Å²) in [7, 11) is 0. The van der Waals surface area contributed by atoms with Crippen LogP contribution in [-0.4, -0.2) is 37.7 Å². The lowest BCUT2D eigenvalue weighted by molar-refractivity contribution is -0.154. The average molecular weight is 201 g/mol. The van der Waals surface area contributed by atoms with Crippen LogP contribution in [0.5, 0.6) is 0 Å². The highest BCUT2D eigenvalue weighted by atomic mass is 16.5. The Kier molecular flexibility index (Phi) is 3.88. The smallest absolute Gasteiger partial charge is 0.396 e. The first-order valence-corrected chi connectivity index (χ1v) is 4.70. The Morgan fingerprint density at radius 1 is 1.50 bits per heavy atom. The Morgan fingerprint density at radius 2 is 2.21 bits per heavy atom. The second-order valence-corrected chi connectivity index (χ2v) is 3.32. The number of rotatable bonds is 2. The van der Waals surface area contributed by atoms with Crippen molar-refractivity contribution in [1.82, 2.24) is 5.32 Å². The predicted molar refractivity (Wildman–Crippen MR) is 48.5 cm³/mol. The molecule has 1 aliphatic heterocycles. The maximum atomic E-state index is 11.2. The van der Waals surface area contributed by atoms with Crippen LogP contribution in [0, 0.1) is 5.92 Å². The number of ether oxygens (including phenoxy) is 2. The van der Waals surface area contributed by atoms with Crippen LogP contribution in [0.1, 0.15) is 13.8 Å². The number of amides is 1. The molecule has 5 heteroatoms. The Bertz CT molecular complexity index is 229. The molecule has 2 unspecified atom stereocenters. The van der Waals surface area contributed by atoms with Crippen LogP contribution < -0.4 is 5.32 Å². The fourth-order valence-corrected chi connectivity index (χ4v) is 1.27. The summed E-state index contributed by atoms with van der Waals surface area (Å²) in [6, 6.07) is -0.0769. The number of carbonyl (C=O) groups excluding carboxylic acids is 2. The normalized spacial score (nSPS) is 25.9. The van der Waals surface area contributed by atoms with Crippen molar-refractivity contribution in [1.29, 1.82) is 0 Å². The molecule has 0 aromatic carbocycles. The van der Waals surface area contributed by atoms with Gasteiger partial charge in [0, 0.05) is 5.92 Å². The molecule has 5 nitrogen and oxygen atoms in total.